The van der Waals surface area contributed by atoms with Crippen LogP contribution in [0.15, 0.2) is 170 Å². The maximum Gasteiger partial charge on any atom is 0.164 e. The van der Waals surface area contributed by atoms with Crippen LogP contribution in [-0.2, 0) is 0 Å². The zero-order chi connectivity index (χ0) is 34.4. The van der Waals surface area contributed by atoms with E-state index < -0.39 is 0 Å². The Balaban J connectivity index is 1.09. The topological polar surface area (TPSA) is 52.8 Å². The Morgan fingerprint density at radius 3 is 1.71 bits per heavy atom. The summed E-state index contributed by atoms with van der Waals surface area (Å²) in [4.78, 5) is 14.8. The Morgan fingerprint density at radius 2 is 0.942 bits per heavy atom. The van der Waals surface area contributed by atoms with E-state index in [2.05, 4.69) is 108 Å². The Kier molecular flexibility index (Phi) is 7.07. The first kappa shape index (κ1) is 29.8. The highest BCUT2D eigenvalue weighted by molar-refractivity contribution is 6.10. The van der Waals surface area contributed by atoms with Crippen molar-refractivity contribution in [3.8, 4) is 62.5 Å². The standard InChI is InChI=1S/C47H30N4O/c1-3-14-32(15-4-1)45-48-46(33-16-5-2-6-17-33)50-47(49-45)37-20-11-18-34(27-37)35-19-12-21-38(28-35)51-41-23-9-8-22-39(41)40-30-44-36(29-42(40)51)26-25-31-13-7-10-24-43(31)52-44/h1-30H. The number of hydrogen-bond acceptors (Lipinski definition) is 4. The van der Waals surface area contributed by atoms with E-state index in [1.54, 1.807) is 0 Å². The highest BCUT2D eigenvalue weighted by atomic mass is 16.5. The van der Waals surface area contributed by atoms with E-state index in [0.29, 0.717) is 17.5 Å². The molecule has 1 aliphatic heterocycles. The number of fused-ring (bicyclic) bond motifs is 5. The third-order valence-corrected chi connectivity index (χ3v) is 9.64. The van der Waals surface area contributed by atoms with Crippen molar-refractivity contribution in [1.82, 2.24) is 19.5 Å². The van der Waals surface area contributed by atoms with Gasteiger partial charge in [0.2, 0.25) is 0 Å². The van der Waals surface area contributed by atoms with Crippen LogP contribution in [0.2, 0.25) is 0 Å². The summed E-state index contributed by atoms with van der Waals surface area (Å²) in [5.41, 5.74) is 10.4. The van der Waals surface area contributed by atoms with E-state index in [1.807, 2.05) is 78.9 Å². The fourth-order valence-electron chi connectivity index (χ4n) is 7.12. The summed E-state index contributed by atoms with van der Waals surface area (Å²) < 4.78 is 8.83. The zero-order valence-electron chi connectivity index (χ0n) is 28.0. The van der Waals surface area contributed by atoms with Crippen LogP contribution in [0.4, 0.5) is 0 Å². The van der Waals surface area contributed by atoms with E-state index in [4.69, 9.17) is 19.7 Å². The van der Waals surface area contributed by atoms with Gasteiger partial charge in [-0.1, -0.05) is 140 Å². The molecule has 5 nitrogen and oxygen atoms in total. The number of benzene rings is 7. The molecule has 0 bridgehead atoms. The number of rotatable bonds is 5. The maximum absolute atomic E-state index is 6.48. The van der Waals surface area contributed by atoms with Crippen LogP contribution in [0, 0.1) is 0 Å². The van der Waals surface area contributed by atoms with Crippen LogP contribution in [0.5, 0.6) is 11.5 Å². The van der Waals surface area contributed by atoms with E-state index in [1.165, 1.54) is 5.39 Å². The molecular weight excluding hydrogens is 637 g/mol. The minimum Gasteiger partial charge on any atom is -0.456 e. The minimum absolute atomic E-state index is 0.631. The molecule has 0 aliphatic carbocycles. The lowest BCUT2D eigenvalue weighted by Crippen LogP contribution is -2.00. The molecule has 0 saturated heterocycles. The van der Waals surface area contributed by atoms with Crippen LogP contribution < -0.4 is 4.74 Å². The van der Waals surface area contributed by atoms with Crippen LogP contribution in [-0.4, -0.2) is 19.5 Å². The van der Waals surface area contributed by atoms with Crippen molar-refractivity contribution >= 4 is 34.0 Å². The Labute approximate surface area is 300 Å². The largest absolute Gasteiger partial charge is 0.456 e. The average molecular weight is 667 g/mol. The molecule has 1 aliphatic rings. The quantitative estimate of drug-likeness (QED) is 0.183. The smallest absolute Gasteiger partial charge is 0.164 e. The molecule has 0 saturated carbocycles. The fourth-order valence-corrected chi connectivity index (χ4v) is 7.12. The van der Waals surface area contributed by atoms with Crippen LogP contribution >= 0.6 is 0 Å². The molecule has 2 aromatic heterocycles. The predicted octanol–water partition coefficient (Wildman–Crippen LogP) is 11.9. The molecule has 0 amide bonds. The summed E-state index contributed by atoms with van der Waals surface area (Å²) in [5, 5.41) is 2.32. The number of nitrogens with zero attached hydrogens (tertiary/aromatic N) is 4. The molecule has 0 atom stereocenters. The van der Waals surface area contributed by atoms with Gasteiger partial charge in [0, 0.05) is 44.3 Å². The van der Waals surface area contributed by atoms with Crippen molar-refractivity contribution in [2.45, 2.75) is 0 Å². The van der Waals surface area contributed by atoms with Gasteiger partial charge in [0.05, 0.1) is 11.0 Å². The second-order valence-electron chi connectivity index (χ2n) is 12.9. The van der Waals surface area contributed by atoms with Crippen LogP contribution in [0.3, 0.4) is 0 Å². The molecule has 0 N–H and O–H groups in total. The first-order valence-electron chi connectivity index (χ1n) is 17.4. The monoisotopic (exact) mass is 666 g/mol. The highest BCUT2D eigenvalue weighted by Gasteiger charge is 2.19. The molecule has 0 spiro atoms. The number of hydrogen-bond donors (Lipinski definition) is 0. The van der Waals surface area contributed by atoms with Crippen LogP contribution in [0.1, 0.15) is 11.1 Å². The van der Waals surface area contributed by atoms with Gasteiger partial charge in [-0.3, -0.25) is 0 Å². The summed E-state index contributed by atoms with van der Waals surface area (Å²) in [6.07, 6.45) is 4.28. The third kappa shape index (κ3) is 5.24. The van der Waals surface area contributed by atoms with Gasteiger partial charge < -0.3 is 9.30 Å². The molecule has 0 radical (unpaired) electrons. The van der Waals surface area contributed by atoms with Gasteiger partial charge >= 0.3 is 0 Å². The van der Waals surface area contributed by atoms with Crippen molar-refractivity contribution in [2.75, 3.05) is 0 Å². The van der Waals surface area contributed by atoms with Crippen LogP contribution in [0.25, 0.3) is 84.9 Å². The second-order valence-corrected chi connectivity index (χ2v) is 12.9. The summed E-state index contributed by atoms with van der Waals surface area (Å²) in [5.74, 6) is 3.63. The molecule has 244 valence electrons. The molecule has 9 aromatic rings. The fraction of sp³-hybridized carbons (Fsp3) is 0. The number of ether oxygens (including phenoxy) is 1. The average Bonchev–Trinajstić information content (AvgIpc) is 3.41. The van der Waals surface area contributed by atoms with Crippen molar-refractivity contribution < 1.29 is 4.74 Å². The third-order valence-electron chi connectivity index (χ3n) is 9.64. The van der Waals surface area contributed by atoms with Crippen molar-refractivity contribution in [3.63, 3.8) is 0 Å². The highest BCUT2D eigenvalue weighted by Crippen LogP contribution is 2.41. The van der Waals surface area contributed by atoms with E-state index in [9.17, 15) is 0 Å². The minimum atomic E-state index is 0.631. The Morgan fingerprint density at radius 1 is 0.365 bits per heavy atom. The first-order valence-corrected chi connectivity index (χ1v) is 17.4. The van der Waals surface area contributed by atoms with Gasteiger partial charge in [-0.05, 0) is 53.6 Å². The second kappa shape index (κ2) is 12.3. The molecule has 7 aromatic carbocycles. The normalized spacial score (nSPS) is 11.9. The van der Waals surface area contributed by atoms with Gasteiger partial charge in [0.25, 0.3) is 0 Å². The molecular formula is C47H30N4O. The lowest BCUT2D eigenvalue weighted by molar-refractivity contribution is 0.482. The van der Waals surface area contributed by atoms with Crippen molar-refractivity contribution in [3.05, 3.63) is 181 Å². The number of para-hydroxylation sites is 2. The molecule has 10 rings (SSSR count). The maximum atomic E-state index is 6.48. The molecule has 52 heavy (non-hydrogen) atoms. The van der Waals surface area contributed by atoms with E-state index in [0.717, 1.165) is 72.6 Å². The van der Waals surface area contributed by atoms with Gasteiger partial charge in [-0.2, -0.15) is 0 Å². The van der Waals surface area contributed by atoms with Gasteiger partial charge in [0.15, 0.2) is 17.5 Å². The lowest BCUT2D eigenvalue weighted by atomic mass is 10.0. The molecule has 3 heterocycles. The Hall–Kier alpha value is -7.11. The lowest BCUT2D eigenvalue weighted by Gasteiger charge is -2.13. The van der Waals surface area contributed by atoms with Crippen molar-refractivity contribution in [1.29, 1.82) is 0 Å². The molecule has 5 heteroatoms. The summed E-state index contributed by atoms with van der Waals surface area (Å²) >= 11 is 0. The van der Waals surface area contributed by atoms with Gasteiger partial charge in [-0.25, -0.2) is 15.0 Å². The number of aromatic nitrogens is 4. The zero-order valence-corrected chi connectivity index (χ0v) is 28.0. The van der Waals surface area contributed by atoms with E-state index >= 15 is 0 Å². The van der Waals surface area contributed by atoms with Gasteiger partial charge in [-0.15, -0.1) is 0 Å². The summed E-state index contributed by atoms with van der Waals surface area (Å²) in [7, 11) is 0. The first-order chi connectivity index (χ1) is 25.7. The van der Waals surface area contributed by atoms with Crippen molar-refractivity contribution in [2.24, 2.45) is 0 Å². The summed E-state index contributed by atoms with van der Waals surface area (Å²) in [6.45, 7) is 0. The SMILES string of the molecule is C1=Cc2cc3c(cc2Oc2ccccc21)c1ccccc1n3-c1cccc(-c2cccc(-c3nc(-c4ccccc4)nc(-c4ccccc4)n3)c2)c1. The molecule has 0 fully saturated rings. The van der Waals surface area contributed by atoms with E-state index in [-0.39, 0.29) is 0 Å². The Bertz CT molecular complexity index is 2760. The predicted molar refractivity (Wildman–Crippen MR) is 211 cm³/mol. The molecule has 0 unspecified atom stereocenters. The van der Waals surface area contributed by atoms with Gasteiger partial charge in [0.1, 0.15) is 11.5 Å². The summed E-state index contributed by atoms with van der Waals surface area (Å²) in [6, 6.07) is 58.5.